The molecule has 1 unspecified atom stereocenters. The number of aromatic nitrogens is 1. The molecule has 3 heteroatoms. The van der Waals surface area contributed by atoms with Crippen LogP contribution in [0.2, 0.25) is 0 Å². The Bertz CT molecular complexity index is 298. The van der Waals surface area contributed by atoms with Gasteiger partial charge in [-0.1, -0.05) is 6.07 Å². The van der Waals surface area contributed by atoms with Crippen molar-refractivity contribution in [2.75, 3.05) is 7.11 Å². The van der Waals surface area contributed by atoms with Gasteiger partial charge in [-0.05, 0) is 39.3 Å². The number of nitrogens with one attached hydrogen (secondary N) is 1. The number of pyridine rings is 1. The van der Waals surface area contributed by atoms with E-state index < -0.39 is 0 Å². The lowest BCUT2D eigenvalue weighted by molar-refractivity contribution is 0.00842. The van der Waals surface area contributed by atoms with Gasteiger partial charge in [-0.2, -0.15) is 0 Å². The van der Waals surface area contributed by atoms with Crippen molar-refractivity contribution in [2.24, 2.45) is 0 Å². The molecule has 0 spiro atoms. The van der Waals surface area contributed by atoms with Gasteiger partial charge in [-0.3, -0.25) is 4.98 Å². The molecule has 0 aromatic carbocycles. The van der Waals surface area contributed by atoms with E-state index >= 15 is 0 Å². The zero-order chi connectivity index (χ0) is 12.0. The van der Waals surface area contributed by atoms with Crippen LogP contribution in [0.4, 0.5) is 0 Å². The van der Waals surface area contributed by atoms with E-state index in [0.29, 0.717) is 6.04 Å². The Morgan fingerprint density at radius 2 is 2.19 bits per heavy atom. The summed E-state index contributed by atoms with van der Waals surface area (Å²) in [5.41, 5.74) is 1.00. The first kappa shape index (κ1) is 13.1. The molecule has 0 radical (unpaired) electrons. The highest BCUT2D eigenvalue weighted by atomic mass is 16.5. The summed E-state index contributed by atoms with van der Waals surface area (Å²) in [6, 6.07) is 6.38. The summed E-state index contributed by atoms with van der Waals surface area (Å²) < 4.78 is 5.40. The molecule has 0 saturated heterocycles. The van der Waals surface area contributed by atoms with E-state index in [-0.39, 0.29) is 5.60 Å². The van der Waals surface area contributed by atoms with Gasteiger partial charge in [0.2, 0.25) is 0 Å². The quantitative estimate of drug-likeness (QED) is 0.802. The van der Waals surface area contributed by atoms with E-state index in [1.165, 1.54) is 0 Å². The van der Waals surface area contributed by atoms with Crippen LogP contribution in [0.25, 0.3) is 0 Å². The minimum atomic E-state index is -0.0729. The molecule has 0 amide bonds. The molecule has 1 rings (SSSR count). The van der Waals surface area contributed by atoms with E-state index in [4.69, 9.17) is 4.74 Å². The van der Waals surface area contributed by atoms with Gasteiger partial charge in [-0.15, -0.1) is 0 Å². The number of hydrogen-bond acceptors (Lipinski definition) is 3. The number of hydrogen-bond donors (Lipinski definition) is 1. The monoisotopic (exact) mass is 222 g/mol. The predicted molar refractivity (Wildman–Crippen MR) is 66.2 cm³/mol. The summed E-state index contributed by atoms with van der Waals surface area (Å²) >= 11 is 0. The third kappa shape index (κ3) is 4.73. The molecule has 0 fully saturated rings. The lowest BCUT2D eigenvalue weighted by Crippen LogP contribution is -2.35. The van der Waals surface area contributed by atoms with Crippen LogP contribution in [-0.2, 0) is 11.3 Å². The van der Waals surface area contributed by atoms with Gasteiger partial charge in [0.15, 0.2) is 0 Å². The minimum absolute atomic E-state index is 0.0729. The van der Waals surface area contributed by atoms with Crippen molar-refractivity contribution < 1.29 is 4.74 Å². The Morgan fingerprint density at radius 1 is 1.44 bits per heavy atom. The highest BCUT2D eigenvalue weighted by Crippen LogP contribution is 2.15. The fourth-order valence-electron chi connectivity index (χ4n) is 1.67. The van der Waals surface area contributed by atoms with Gasteiger partial charge in [0, 0.05) is 25.9 Å². The Labute approximate surface area is 98.2 Å². The van der Waals surface area contributed by atoms with E-state index in [1.807, 2.05) is 24.4 Å². The molecule has 0 saturated carbocycles. The summed E-state index contributed by atoms with van der Waals surface area (Å²) in [6.07, 6.45) is 2.80. The molecule has 0 aliphatic rings. The highest BCUT2D eigenvalue weighted by molar-refractivity contribution is 5.03. The molecule has 16 heavy (non-hydrogen) atoms. The van der Waals surface area contributed by atoms with Crippen molar-refractivity contribution >= 4 is 0 Å². The first-order valence-electron chi connectivity index (χ1n) is 5.72. The first-order chi connectivity index (χ1) is 7.53. The van der Waals surface area contributed by atoms with Crippen LogP contribution in [-0.4, -0.2) is 23.7 Å². The molecule has 3 nitrogen and oxygen atoms in total. The molecular formula is C13H22N2O. The fraction of sp³-hybridized carbons (Fsp3) is 0.615. The molecule has 0 aliphatic carbocycles. The molecule has 1 heterocycles. The van der Waals surface area contributed by atoms with Crippen molar-refractivity contribution in [1.29, 1.82) is 0 Å². The van der Waals surface area contributed by atoms with Gasteiger partial charge in [0.25, 0.3) is 0 Å². The van der Waals surface area contributed by atoms with Crippen LogP contribution in [0.5, 0.6) is 0 Å². The minimum Gasteiger partial charge on any atom is -0.379 e. The average Bonchev–Trinajstić information content (AvgIpc) is 2.27. The van der Waals surface area contributed by atoms with E-state index in [2.05, 4.69) is 31.1 Å². The maximum absolute atomic E-state index is 5.40. The van der Waals surface area contributed by atoms with E-state index in [9.17, 15) is 0 Å². The van der Waals surface area contributed by atoms with Crippen molar-refractivity contribution in [3.8, 4) is 0 Å². The Balaban J connectivity index is 2.33. The Morgan fingerprint density at radius 3 is 2.75 bits per heavy atom. The number of nitrogens with zero attached hydrogens (tertiary/aromatic N) is 1. The van der Waals surface area contributed by atoms with Crippen LogP contribution in [0.15, 0.2) is 24.4 Å². The van der Waals surface area contributed by atoms with E-state index in [0.717, 1.165) is 18.7 Å². The van der Waals surface area contributed by atoms with Crippen LogP contribution in [0.3, 0.4) is 0 Å². The normalized spacial score (nSPS) is 13.8. The second kappa shape index (κ2) is 5.97. The molecule has 0 bridgehead atoms. The Kier molecular flexibility index (Phi) is 4.90. The zero-order valence-corrected chi connectivity index (χ0v) is 10.7. The van der Waals surface area contributed by atoms with Crippen molar-refractivity contribution in [3.63, 3.8) is 0 Å². The topological polar surface area (TPSA) is 34.1 Å². The number of ether oxygens (including phenoxy) is 1. The van der Waals surface area contributed by atoms with Gasteiger partial charge in [-0.25, -0.2) is 0 Å². The average molecular weight is 222 g/mol. The largest absolute Gasteiger partial charge is 0.379 e. The molecular weight excluding hydrogens is 200 g/mol. The molecule has 90 valence electrons. The van der Waals surface area contributed by atoms with Crippen LogP contribution < -0.4 is 5.32 Å². The highest BCUT2D eigenvalue weighted by Gasteiger charge is 2.19. The van der Waals surface area contributed by atoms with Gasteiger partial charge in [0.05, 0.1) is 11.3 Å². The van der Waals surface area contributed by atoms with Crippen molar-refractivity contribution in [3.05, 3.63) is 30.1 Å². The lowest BCUT2D eigenvalue weighted by atomic mass is 10.00. The van der Waals surface area contributed by atoms with Gasteiger partial charge in [0.1, 0.15) is 0 Å². The third-order valence-corrected chi connectivity index (χ3v) is 2.71. The maximum atomic E-state index is 5.40. The third-order valence-electron chi connectivity index (χ3n) is 2.71. The molecule has 1 atom stereocenters. The molecule has 1 aromatic rings. The summed E-state index contributed by atoms with van der Waals surface area (Å²) in [5.74, 6) is 0. The number of methoxy groups -OCH3 is 1. The van der Waals surface area contributed by atoms with Crippen molar-refractivity contribution in [1.82, 2.24) is 10.3 Å². The maximum Gasteiger partial charge on any atom is 0.0637 e. The standard InChI is InChI=1S/C13H22N2O/c1-11(9-13(2,3)16-4)15-10-12-7-5-6-8-14-12/h5-8,11,15H,9-10H2,1-4H3. The molecule has 0 aliphatic heterocycles. The van der Waals surface area contributed by atoms with Crippen LogP contribution in [0.1, 0.15) is 32.9 Å². The summed E-state index contributed by atoms with van der Waals surface area (Å²) in [6.45, 7) is 7.18. The lowest BCUT2D eigenvalue weighted by Gasteiger charge is -2.27. The predicted octanol–water partition coefficient (Wildman–Crippen LogP) is 2.37. The van der Waals surface area contributed by atoms with Crippen LogP contribution in [0, 0.1) is 0 Å². The second-order valence-corrected chi connectivity index (χ2v) is 4.77. The van der Waals surface area contributed by atoms with Gasteiger partial charge >= 0.3 is 0 Å². The number of rotatable bonds is 6. The van der Waals surface area contributed by atoms with Gasteiger partial charge < -0.3 is 10.1 Å². The summed E-state index contributed by atoms with van der Waals surface area (Å²) in [5, 5.41) is 3.45. The summed E-state index contributed by atoms with van der Waals surface area (Å²) in [4.78, 5) is 4.27. The molecule has 1 N–H and O–H groups in total. The first-order valence-corrected chi connectivity index (χ1v) is 5.72. The van der Waals surface area contributed by atoms with Crippen molar-refractivity contribution in [2.45, 2.75) is 45.4 Å². The van der Waals surface area contributed by atoms with E-state index in [1.54, 1.807) is 7.11 Å². The SMILES string of the molecule is COC(C)(C)CC(C)NCc1ccccn1. The smallest absolute Gasteiger partial charge is 0.0637 e. The Hall–Kier alpha value is -0.930. The zero-order valence-electron chi connectivity index (χ0n) is 10.7. The summed E-state index contributed by atoms with van der Waals surface area (Å²) in [7, 11) is 1.76. The second-order valence-electron chi connectivity index (χ2n) is 4.77. The molecule has 1 aromatic heterocycles. The fourth-order valence-corrected chi connectivity index (χ4v) is 1.67. The van der Waals surface area contributed by atoms with Crippen LogP contribution >= 0.6 is 0 Å².